The van der Waals surface area contributed by atoms with Gasteiger partial charge in [-0.05, 0) is 67.6 Å². The first-order chi connectivity index (χ1) is 24.2. The van der Waals surface area contributed by atoms with Gasteiger partial charge < -0.3 is 20.2 Å². The Kier molecular flexibility index (Phi) is 10.4. The van der Waals surface area contributed by atoms with E-state index in [9.17, 15) is 19.5 Å². The van der Waals surface area contributed by atoms with Gasteiger partial charge in [-0.25, -0.2) is 4.68 Å². The lowest BCUT2D eigenvalue weighted by atomic mass is 9.93. The fraction of sp³-hybridized carbons (Fsp3) is 0.359. The van der Waals surface area contributed by atoms with E-state index in [0.29, 0.717) is 48.8 Å². The molecule has 0 unspecified atom stereocenters. The number of aliphatic hydroxyl groups is 1. The second-order valence-corrected chi connectivity index (χ2v) is 13.0. The number of nitrogens with one attached hydrogen (secondary N) is 1. The standard InChI is InChI=1S/C39H45N7O4/c1-5-7-19-44(20-8-6-2)39(50)33-21-26(3)46(41-33)35-18-17-29(40-37(48)36-31-15-11-12-16-34(31)43(4)42-36)23-32(35)38(49)45-24-28-14-10-9-13-27(28)22-30(45)25-47/h9-18,21,23,30,47H,5-8,19-20,22,24-25H2,1-4H3,(H,40,48)/t30-/m0/s1. The van der Waals surface area contributed by atoms with Crippen molar-refractivity contribution in [3.8, 4) is 5.69 Å². The van der Waals surface area contributed by atoms with Crippen LogP contribution in [0.4, 0.5) is 5.69 Å². The molecule has 0 bridgehead atoms. The normalized spacial score (nSPS) is 14.1. The molecule has 3 amide bonds. The summed E-state index contributed by atoms with van der Waals surface area (Å²) in [6, 6.07) is 21.9. The molecule has 11 heteroatoms. The summed E-state index contributed by atoms with van der Waals surface area (Å²) in [5.41, 5.74) is 5.37. The van der Waals surface area contributed by atoms with Crippen LogP contribution in [0.1, 0.15) is 87.7 Å². The van der Waals surface area contributed by atoms with Gasteiger partial charge in [0.25, 0.3) is 17.7 Å². The van der Waals surface area contributed by atoms with E-state index in [1.165, 1.54) is 0 Å². The van der Waals surface area contributed by atoms with Crippen molar-refractivity contribution in [2.45, 2.75) is 65.5 Å². The quantitative estimate of drug-likeness (QED) is 0.169. The van der Waals surface area contributed by atoms with Crippen LogP contribution >= 0.6 is 0 Å². The molecule has 260 valence electrons. The molecule has 1 atom stereocenters. The lowest BCUT2D eigenvalue weighted by molar-refractivity contribution is 0.0544. The number of hydrogen-bond acceptors (Lipinski definition) is 6. The summed E-state index contributed by atoms with van der Waals surface area (Å²) < 4.78 is 3.29. The van der Waals surface area contributed by atoms with Gasteiger partial charge in [0.1, 0.15) is 0 Å². The molecule has 1 aliphatic heterocycles. The van der Waals surface area contributed by atoms with Gasteiger partial charge in [-0.1, -0.05) is 69.2 Å². The molecule has 11 nitrogen and oxygen atoms in total. The fourth-order valence-corrected chi connectivity index (χ4v) is 6.68. The number of unbranched alkanes of at least 4 members (excludes halogenated alkanes) is 2. The molecule has 3 heterocycles. The van der Waals surface area contributed by atoms with E-state index in [1.54, 1.807) is 45.6 Å². The summed E-state index contributed by atoms with van der Waals surface area (Å²) in [6.07, 6.45) is 4.27. The predicted octanol–water partition coefficient (Wildman–Crippen LogP) is 5.92. The van der Waals surface area contributed by atoms with E-state index in [0.717, 1.165) is 47.7 Å². The molecule has 2 N–H and O–H groups in total. The van der Waals surface area contributed by atoms with Crippen LogP contribution < -0.4 is 5.32 Å². The average Bonchev–Trinajstić information content (AvgIpc) is 3.69. The first-order valence-corrected chi connectivity index (χ1v) is 17.5. The zero-order valence-corrected chi connectivity index (χ0v) is 29.2. The molecule has 0 fully saturated rings. The Morgan fingerprint density at radius 1 is 0.920 bits per heavy atom. The molecule has 0 radical (unpaired) electrons. The van der Waals surface area contributed by atoms with Crippen molar-refractivity contribution >= 4 is 34.3 Å². The SMILES string of the molecule is CCCCN(CCCC)C(=O)c1cc(C)n(-c2ccc(NC(=O)c3nn(C)c4ccccc34)cc2C(=O)N2Cc3ccccc3C[C@H]2CO)n1. The maximum absolute atomic E-state index is 14.6. The Balaban J connectivity index is 1.39. The van der Waals surface area contributed by atoms with Crippen molar-refractivity contribution in [2.24, 2.45) is 7.05 Å². The van der Waals surface area contributed by atoms with Crippen LogP contribution in [0, 0.1) is 6.92 Å². The highest BCUT2D eigenvalue weighted by atomic mass is 16.3. The number of aliphatic hydroxyl groups excluding tert-OH is 1. The number of para-hydroxylation sites is 1. The van der Waals surface area contributed by atoms with Gasteiger partial charge in [0.2, 0.25) is 0 Å². The minimum absolute atomic E-state index is 0.138. The Labute approximate surface area is 292 Å². The number of aromatic nitrogens is 4. The zero-order valence-electron chi connectivity index (χ0n) is 29.2. The van der Waals surface area contributed by atoms with Gasteiger partial charge in [0.15, 0.2) is 11.4 Å². The Bertz CT molecular complexity index is 2020. The third-order valence-electron chi connectivity index (χ3n) is 9.47. The highest BCUT2D eigenvalue weighted by Crippen LogP contribution is 2.29. The van der Waals surface area contributed by atoms with Crippen LogP contribution in [0.25, 0.3) is 16.6 Å². The topological polar surface area (TPSA) is 126 Å². The minimum Gasteiger partial charge on any atom is -0.394 e. The maximum atomic E-state index is 14.6. The van der Waals surface area contributed by atoms with Gasteiger partial charge in [0.05, 0.1) is 29.4 Å². The fourth-order valence-electron chi connectivity index (χ4n) is 6.68. The van der Waals surface area contributed by atoms with Crippen LogP contribution in [0.5, 0.6) is 0 Å². The third kappa shape index (κ3) is 6.91. The first kappa shape index (κ1) is 34.6. The number of fused-ring (bicyclic) bond motifs is 2. The van der Waals surface area contributed by atoms with Crippen molar-refractivity contribution in [1.29, 1.82) is 0 Å². The third-order valence-corrected chi connectivity index (χ3v) is 9.47. The lowest BCUT2D eigenvalue weighted by Crippen LogP contribution is -2.46. The number of aryl methyl sites for hydroxylation is 2. The van der Waals surface area contributed by atoms with Gasteiger partial charge in [0, 0.05) is 43.4 Å². The lowest BCUT2D eigenvalue weighted by Gasteiger charge is -2.36. The van der Waals surface area contributed by atoms with E-state index in [-0.39, 0.29) is 29.7 Å². The average molecular weight is 676 g/mol. The molecule has 2 aromatic heterocycles. The first-order valence-electron chi connectivity index (χ1n) is 17.5. The molecular formula is C39H45N7O4. The second kappa shape index (κ2) is 15.1. The molecule has 6 rings (SSSR count). The van der Waals surface area contributed by atoms with Crippen molar-refractivity contribution in [1.82, 2.24) is 29.4 Å². The van der Waals surface area contributed by atoms with E-state index in [2.05, 4.69) is 24.3 Å². The number of benzene rings is 3. The van der Waals surface area contributed by atoms with Crippen molar-refractivity contribution < 1.29 is 19.5 Å². The van der Waals surface area contributed by atoms with E-state index >= 15 is 0 Å². The Morgan fingerprint density at radius 2 is 1.62 bits per heavy atom. The molecule has 1 aliphatic rings. The summed E-state index contributed by atoms with van der Waals surface area (Å²) >= 11 is 0. The van der Waals surface area contributed by atoms with Gasteiger partial charge in [-0.2, -0.15) is 10.2 Å². The molecule has 0 saturated carbocycles. The van der Waals surface area contributed by atoms with Crippen molar-refractivity contribution in [3.05, 3.63) is 107 Å². The van der Waals surface area contributed by atoms with Gasteiger partial charge in [-0.15, -0.1) is 0 Å². The molecule has 3 aromatic carbocycles. The highest BCUT2D eigenvalue weighted by Gasteiger charge is 2.32. The van der Waals surface area contributed by atoms with E-state index in [1.807, 2.05) is 60.4 Å². The van der Waals surface area contributed by atoms with E-state index in [4.69, 9.17) is 5.10 Å². The number of carbonyl (C=O) groups is 3. The minimum atomic E-state index is -0.440. The molecule has 50 heavy (non-hydrogen) atoms. The monoisotopic (exact) mass is 675 g/mol. The Hall–Kier alpha value is -5.29. The number of hydrogen-bond donors (Lipinski definition) is 2. The summed E-state index contributed by atoms with van der Waals surface area (Å²) in [6.45, 7) is 7.49. The second-order valence-electron chi connectivity index (χ2n) is 13.0. The van der Waals surface area contributed by atoms with E-state index < -0.39 is 11.9 Å². The van der Waals surface area contributed by atoms with Gasteiger partial charge >= 0.3 is 0 Å². The largest absolute Gasteiger partial charge is 0.394 e. The van der Waals surface area contributed by atoms with Crippen LogP contribution in [-0.2, 0) is 20.0 Å². The zero-order chi connectivity index (χ0) is 35.4. The van der Waals surface area contributed by atoms with Crippen LogP contribution in [0.2, 0.25) is 0 Å². The highest BCUT2D eigenvalue weighted by molar-refractivity contribution is 6.11. The molecule has 0 spiro atoms. The number of rotatable bonds is 12. The molecular weight excluding hydrogens is 630 g/mol. The molecule has 0 aliphatic carbocycles. The number of carbonyl (C=O) groups excluding carboxylic acids is 3. The molecule has 5 aromatic rings. The number of nitrogens with zero attached hydrogens (tertiary/aromatic N) is 6. The smallest absolute Gasteiger partial charge is 0.276 e. The maximum Gasteiger partial charge on any atom is 0.276 e. The summed E-state index contributed by atoms with van der Waals surface area (Å²) in [5, 5.41) is 23.3. The summed E-state index contributed by atoms with van der Waals surface area (Å²) in [4.78, 5) is 45.5. The summed E-state index contributed by atoms with van der Waals surface area (Å²) in [7, 11) is 1.79. The van der Waals surface area contributed by atoms with Gasteiger partial charge in [-0.3, -0.25) is 19.1 Å². The van der Waals surface area contributed by atoms with Crippen LogP contribution in [-0.4, -0.2) is 77.9 Å². The number of amides is 3. The molecule has 0 saturated heterocycles. The van der Waals surface area contributed by atoms with Crippen molar-refractivity contribution in [2.75, 3.05) is 25.0 Å². The Morgan fingerprint density at radius 3 is 2.34 bits per heavy atom. The number of anilines is 1. The van der Waals surface area contributed by atoms with Crippen LogP contribution in [0.15, 0.2) is 72.8 Å². The summed E-state index contributed by atoms with van der Waals surface area (Å²) in [5.74, 6) is -0.861. The van der Waals surface area contributed by atoms with Crippen LogP contribution in [0.3, 0.4) is 0 Å². The predicted molar refractivity (Wildman–Crippen MR) is 194 cm³/mol. The van der Waals surface area contributed by atoms with Crippen molar-refractivity contribution in [3.63, 3.8) is 0 Å².